The van der Waals surface area contributed by atoms with E-state index in [1.165, 1.54) is 8.99 Å². The maximum Gasteiger partial charge on any atom is 0.248 e. The zero-order valence-electron chi connectivity index (χ0n) is 12.6. The van der Waals surface area contributed by atoms with Gasteiger partial charge >= 0.3 is 0 Å². The summed E-state index contributed by atoms with van der Waals surface area (Å²) in [6, 6.07) is -0.0477. The molecule has 1 saturated carbocycles. The Morgan fingerprint density at radius 3 is 2.38 bits per heavy atom. The van der Waals surface area contributed by atoms with Crippen LogP contribution in [-0.2, 0) is 17.1 Å². The summed E-state index contributed by atoms with van der Waals surface area (Å²) in [7, 11) is -0.423. The first-order valence-corrected chi connectivity index (χ1v) is 8.88. The first kappa shape index (κ1) is 16.7. The molecule has 6 nitrogen and oxygen atoms in total. The van der Waals surface area contributed by atoms with Crippen molar-refractivity contribution in [1.82, 2.24) is 14.1 Å². The minimum atomic E-state index is -3.65. The molecule has 8 heteroatoms. The van der Waals surface area contributed by atoms with Gasteiger partial charge in [-0.15, -0.1) is 0 Å². The molecule has 0 aromatic carbocycles. The van der Waals surface area contributed by atoms with Crippen LogP contribution in [0.2, 0.25) is 5.15 Å². The highest BCUT2D eigenvalue weighted by Gasteiger charge is 2.35. The molecule has 21 heavy (non-hydrogen) atoms. The largest absolute Gasteiger partial charge is 0.396 e. The van der Waals surface area contributed by atoms with Gasteiger partial charge in [-0.25, -0.2) is 8.42 Å². The van der Waals surface area contributed by atoms with E-state index in [2.05, 4.69) is 5.10 Å². The average molecular weight is 336 g/mol. The van der Waals surface area contributed by atoms with E-state index in [9.17, 15) is 8.42 Å². The molecule has 1 fully saturated rings. The Hall–Kier alpha value is -0.630. The van der Waals surface area contributed by atoms with Gasteiger partial charge in [0.05, 0.1) is 5.69 Å². The molecule has 1 aliphatic carbocycles. The monoisotopic (exact) mass is 335 g/mol. The number of halogens is 1. The molecule has 1 N–H and O–H groups in total. The van der Waals surface area contributed by atoms with Crippen molar-refractivity contribution in [3.63, 3.8) is 0 Å². The van der Waals surface area contributed by atoms with Crippen LogP contribution < -0.4 is 0 Å². The molecule has 0 amide bonds. The van der Waals surface area contributed by atoms with Crippen molar-refractivity contribution >= 4 is 21.6 Å². The molecule has 0 bridgehead atoms. The molecule has 0 aliphatic heterocycles. The van der Waals surface area contributed by atoms with E-state index in [-0.39, 0.29) is 22.7 Å². The smallest absolute Gasteiger partial charge is 0.248 e. The highest BCUT2D eigenvalue weighted by molar-refractivity contribution is 7.89. The minimum absolute atomic E-state index is 0.0477. The Morgan fingerprint density at radius 2 is 1.95 bits per heavy atom. The highest BCUT2D eigenvalue weighted by atomic mass is 35.5. The molecular weight excluding hydrogens is 314 g/mol. The summed E-state index contributed by atoms with van der Waals surface area (Å²) in [4.78, 5) is 0.0958. The van der Waals surface area contributed by atoms with Crippen molar-refractivity contribution in [2.45, 2.75) is 43.5 Å². The summed E-state index contributed by atoms with van der Waals surface area (Å²) in [5.41, 5.74) is 0.415. The first-order valence-electron chi connectivity index (χ1n) is 7.07. The van der Waals surface area contributed by atoms with Crippen LogP contribution in [0.1, 0.15) is 31.4 Å². The van der Waals surface area contributed by atoms with Crippen LogP contribution in [0.25, 0.3) is 0 Å². The fraction of sp³-hybridized carbons (Fsp3) is 0.769. The van der Waals surface area contributed by atoms with Crippen molar-refractivity contribution in [2.24, 2.45) is 13.0 Å². The molecular formula is C13H22ClN3O3S. The maximum absolute atomic E-state index is 12.8. The molecule has 1 aromatic heterocycles. The van der Waals surface area contributed by atoms with Crippen molar-refractivity contribution < 1.29 is 13.5 Å². The molecule has 1 aliphatic rings. The third-order valence-electron chi connectivity index (χ3n) is 4.33. The maximum atomic E-state index is 12.8. The third-order valence-corrected chi connectivity index (χ3v) is 6.93. The van der Waals surface area contributed by atoms with Gasteiger partial charge < -0.3 is 5.11 Å². The molecule has 1 aromatic rings. The number of nitrogens with zero attached hydrogens (tertiary/aromatic N) is 3. The summed E-state index contributed by atoms with van der Waals surface area (Å²) in [6.07, 6.45) is 3.22. The number of aryl methyl sites for hydroxylation is 2. The van der Waals surface area contributed by atoms with Gasteiger partial charge in [0, 0.05) is 26.7 Å². The van der Waals surface area contributed by atoms with Crippen molar-refractivity contribution in [3.05, 3.63) is 10.8 Å². The highest BCUT2D eigenvalue weighted by Crippen LogP contribution is 2.32. The van der Waals surface area contributed by atoms with Gasteiger partial charge in [0.1, 0.15) is 10.0 Å². The molecule has 0 spiro atoms. The van der Waals surface area contributed by atoms with Crippen LogP contribution in [0, 0.1) is 12.8 Å². The predicted octanol–water partition coefficient (Wildman–Crippen LogP) is 1.55. The second-order valence-electron chi connectivity index (χ2n) is 5.71. The fourth-order valence-corrected chi connectivity index (χ4v) is 5.05. The Morgan fingerprint density at radius 1 is 1.38 bits per heavy atom. The van der Waals surface area contributed by atoms with Crippen LogP contribution in [0.5, 0.6) is 0 Å². The Labute approximate surface area is 130 Å². The minimum Gasteiger partial charge on any atom is -0.396 e. The lowest BCUT2D eigenvalue weighted by atomic mass is 9.87. The molecule has 0 unspecified atom stereocenters. The van der Waals surface area contributed by atoms with Gasteiger partial charge in [-0.05, 0) is 38.5 Å². The number of hydrogen-bond donors (Lipinski definition) is 1. The standard InChI is InChI=1S/C13H22ClN3O3S/c1-9-12(13(14)16(2)15-9)21(19,20)17(3)11-6-4-10(8-18)5-7-11/h10-11,18H,4-8H2,1-3H3. The summed E-state index contributed by atoms with van der Waals surface area (Å²) in [6.45, 7) is 1.83. The van der Waals surface area contributed by atoms with E-state index in [1.807, 2.05) is 0 Å². The van der Waals surface area contributed by atoms with Crippen molar-refractivity contribution in [2.75, 3.05) is 13.7 Å². The van der Waals surface area contributed by atoms with Gasteiger partial charge in [-0.3, -0.25) is 4.68 Å². The fourth-order valence-electron chi connectivity index (χ4n) is 2.93. The van der Waals surface area contributed by atoms with Gasteiger partial charge in [-0.2, -0.15) is 9.40 Å². The third kappa shape index (κ3) is 3.11. The zero-order chi connectivity index (χ0) is 15.8. The Kier molecular flexibility index (Phi) is 4.97. The molecule has 120 valence electrons. The number of aliphatic hydroxyl groups is 1. The number of aromatic nitrogens is 2. The van der Waals surface area contributed by atoms with E-state index >= 15 is 0 Å². The van der Waals surface area contributed by atoms with Gasteiger partial charge in [0.15, 0.2) is 0 Å². The van der Waals surface area contributed by atoms with E-state index in [1.54, 1.807) is 21.0 Å². The molecule has 0 saturated heterocycles. The van der Waals surface area contributed by atoms with Crippen LogP contribution in [-0.4, -0.2) is 47.3 Å². The second-order valence-corrected chi connectivity index (χ2v) is 8.00. The Balaban J connectivity index is 2.24. The predicted molar refractivity (Wildman–Crippen MR) is 80.7 cm³/mol. The van der Waals surface area contributed by atoms with Gasteiger partial charge in [0.25, 0.3) is 0 Å². The number of aliphatic hydroxyl groups excluding tert-OH is 1. The second kappa shape index (κ2) is 6.24. The SMILES string of the molecule is Cc1nn(C)c(Cl)c1S(=O)(=O)N(C)C1CCC(CO)CC1. The normalized spacial score (nSPS) is 23.7. The topological polar surface area (TPSA) is 75.4 Å². The first-order chi connectivity index (χ1) is 9.78. The summed E-state index contributed by atoms with van der Waals surface area (Å²) < 4.78 is 28.3. The van der Waals surface area contributed by atoms with E-state index in [0.29, 0.717) is 11.6 Å². The van der Waals surface area contributed by atoms with Gasteiger partial charge in [0.2, 0.25) is 10.0 Å². The van der Waals surface area contributed by atoms with Crippen LogP contribution in [0.4, 0.5) is 0 Å². The Bertz CT molecular complexity index is 606. The van der Waals surface area contributed by atoms with Crippen molar-refractivity contribution in [3.8, 4) is 0 Å². The van der Waals surface area contributed by atoms with Gasteiger partial charge in [-0.1, -0.05) is 11.6 Å². The number of hydrogen-bond acceptors (Lipinski definition) is 4. The summed E-state index contributed by atoms with van der Waals surface area (Å²) in [5.74, 6) is 0.293. The van der Waals surface area contributed by atoms with Crippen LogP contribution in [0.3, 0.4) is 0 Å². The lowest BCUT2D eigenvalue weighted by Crippen LogP contribution is -2.40. The quantitative estimate of drug-likeness (QED) is 0.906. The summed E-state index contributed by atoms with van der Waals surface area (Å²) in [5, 5.41) is 13.4. The zero-order valence-corrected chi connectivity index (χ0v) is 14.2. The van der Waals surface area contributed by atoms with Crippen LogP contribution >= 0.6 is 11.6 Å². The van der Waals surface area contributed by atoms with E-state index in [4.69, 9.17) is 16.7 Å². The lowest BCUT2D eigenvalue weighted by molar-refractivity contribution is 0.159. The average Bonchev–Trinajstić information content (AvgIpc) is 2.71. The molecule has 0 radical (unpaired) electrons. The number of rotatable bonds is 4. The van der Waals surface area contributed by atoms with E-state index < -0.39 is 10.0 Å². The molecule has 2 rings (SSSR count). The van der Waals surface area contributed by atoms with E-state index in [0.717, 1.165) is 25.7 Å². The molecule has 1 heterocycles. The van der Waals surface area contributed by atoms with Crippen molar-refractivity contribution in [1.29, 1.82) is 0 Å². The number of sulfonamides is 1. The van der Waals surface area contributed by atoms with Crippen LogP contribution in [0.15, 0.2) is 4.90 Å². The lowest BCUT2D eigenvalue weighted by Gasteiger charge is -2.33. The molecule has 0 atom stereocenters. The summed E-state index contributed by atoms with van der Waals surface area (Å²) >= 11 is 6.09.